The van der Waals surface area contributed by atoms with E-state index < -0.39 is 6.10 Å². The average molecular weight is 320 g/mol. The molecule has 0 radical (unpaired) electrons. The van der Waals surface area contributed by atoms with Crippen LogP contribution in [0.25, 0.3) is 0 Å². The number of carbonyl (C=O) groups is 1. The van der Waals surface area contributed by atoms with Crippen LogP contribution in [0.1, 0.15) is 20.3 Å². The molecule has 6 heteroatoms. The molecule has 1 amide bonds. The van der Waals surface area contributed by atoms with Gasteiger partial charge in [0.15, 0.2) is 6.61 Å². The molecule has 1 aromatic rings. The minimum absolute atomic E-state index is 0.126. The minimum atomic E-state index is -0.415. The lowest BCUT2D eigenvalue weighted by Gasteiger charge is -2.14. The summed E-state index contributed by atoms with van der Waals surface area (Å²) in [5, 5.41) is 13.1. The monoisotopic (exact) mass is 319 g/mol. The first-order valence-corrected chi connectivity index (χ1v) is 7.18. The lowest BCUT2D eigenvalue weighted by atomic mass is 10.0. The molecule has 0 heterocycles. The van der Waals surface area contributed by atoms with Crippen LogP contribution in [-0.2, 0) is 4.79 Å². The van der Waals surface area contributed by atoms with Gasteiger partial charge in [0.25, 0.3) is 5.91 Å². The van der Waals surface area contributed by atoms with Crippen LogP contribution in [0.5, 0.6) is 5.75 Å². The summed E-state index contributed by atoms with van der Waals surface area (Å²) in [6, 6.07) is 4.80. The second-order valence-electron chi connectivity index (χ2n) is 4.81. The molecule has 112 valence electrons. The van der Waals surface area contributed by atoms with E-state index in [-0.39, 0.29) is 18.4 Å². The number of aliphatic hydroxyl groups is 1. The molecule has 0 saturated heterocycles. The van der Waals surface area contributed by atoms with Gasteiger partial charge in [-0.15, -0.1) is 0 Å². The third-order valence-corrected chi connectivity index (χ3v) is 3.31. The Balaban J connectivity index is 2.29. The summed E-state index contributed by atoms with van der Waals surface area (Å²) in [6.45, 7) is 4.14. The van der Waals surface area contributed by atoms with Crippen molar-refractivity contribution in [2.45, 2.75) is 26.4 Å². The van der Waals surface area contributed by atoms with Crippen molar-refractivity contribution in [3.63, 3.8) is 0 Å². The maximum atomic E-state index is 11.6. The minimum Gasteiger partial charge on any atom is -0.482 e. The average Bonchev–Trinajstić information content (AvgIpc) is 2.37. The summed E-state index contributed by atoms with van der Waals surface area (Å²) in [7, 11) is 0. The summed E-state index contributed by atoms with van der Waals surface area (Å²) < 4.78 is 5.29. The van der Waals surface area contributed by atoms with Crippen molar-refractivity contribution in [3.8, 4) is 5.75 Å². The van der Waals surface area contributed by atoms with Gasteiger partial charge >= 0.3 is 0 Å². The standard InChI is InChI=1S/C14H19Cl2NO3/c1-9(2)12(18)5-6-17-14(19)8-20-13-4-3-10(15)7-11(13)16/h3-4,7,9,12,18H,5-6,8H2,1-2H3,(H,17,19). The molecular formula is C14H19Cl2NO3. The fourth-order valence-electron chi connectivity index (χ4n) is 1.48. The Morgan fingerprint density at radius 1 is 1.40 bits per heavy atom. The molecule has 1 rings (SSSR count). The van der Waals surface area contributed by atoms with Gasteiger partial charge in [-0.25, -0.2) is 0 Å². The number of benzene rings is 1. The SMILES string of the molecule is CC(C)C(O)CCNC(=O)COc1ccc(Cl)cc1Cl. The van der Waals surface area contributed by atoms with E-state index in [0.29, 0.717) is 28.8 Å². The maximum Gasteiger partial charge on any atom is 0.257 e. The van der Waals surface area contributed by atoms with Crippen molar-refractivity contribution in [2.24, 2.45) is 5.92 Å². The largest absolute Gasteiger partial charge is 0.482 e. The number of nitrogens with one attached hydrogen (secondary N) is 1. The number of aliphatic hydroxyl groups excluding tert-OH is 1. The number of rotatable bonds is 7. The maximum absolute atomic E-state index is 11.6. The Morgan fingerprint density at radius 3 is 2.70 bits per heavy atom. The van der Waals surface area contributed by atoms with Crippen molar-refractivity contribution in [2.75, 3.05) is 13.2 Å². The fraction of sp³-hybridized carbons (Fsp3) is 0.500. The van der Waals surface area contributed by atoms with Gasteiger partial charge in [-0.1, -0.05) is 37.0 Å². The first-order chi connectivity index (χ1) is 9.40. The van der Waals surface area contributed by atoms with Crippen LogP contribution >= 0.6 is 23.2 Å². The normalized spacial score (nSPS) is 12.3. The summed E-state index contributed by atoms with van der Waals surface area (Å²) in [5.74, 6) is 0.330. The molecule has 0 aliphatic rings. The molecule has 20 heavy (non-hydrogen) atoms. The summed E-state index contributed by atoms with van der Waals surface area (Å²) >= 11 is 11.7. The van der Waals surface area contributed by atoms with E-state index in [1.165, 1.54) is 0 Å². The molecule has 2 N–H and O–H groups in total. The van der Waals surface area contributed by atoms with E-state index in [0.717, 1.165) is 0 Å². The third kappa shape index (κ3) is 5.99. The number of halogens is 2. The summed E-state index contributed by atoms with van der Waals surface area (Å²) in [5.41, 5.74) is 0. The van der Waals surface area contributed by atoms with Gasteiger partial charge in [0.1, 0.15) is 5.75 Å². The zero-order valence-corrected chi connectivity index (χ0v) is 13.0. The van der Waals surface area contributed by atoms with E-state index in [9.17, 15) is 9.90 Å². The molecule has 1 atom stereocenters. The van der Waals surface area contributed by atoms with Crippen molar-refractivity contribution in [1.82, 2.24) is 5.32 Å². The van der Waals surface area contributed by atoms with E-state index in [1.807, 2.05) is 13.8 Å². The van der Waals surface area contributed by atoms with Crippen molar-refractivity contribution >= 4 is 29.1 Å². The number of hydrogen-bond acceptors (Lipinski definition) is 3. The Morgan fingerprint density at radius 2 is 2.10 bits per heavy atom. The van der Waals surface area contributed by atoms with E-state index in [1.54, 1.807) is 18.2 Å². The van der Waals surface area contributed by atoms with Crippen molar-refractivity contribution < 1.29 is 14.6 Å². The predicted octanol–water partition coefficient (Wildman–Crippen LogP) is 2.90. The highest BCUT2D eigenvalue weighted by molar-refractivity contribution is 6.35. The van der Waals surface area contributed by atoms with Gasteiger partial charge in [0.2, 0.25) is 0 Å². The molecule has 4 nitrogen and oxygen atoms in total. The van der Waals surface area contributed by atoms with Crippen LogP contribution in [-0.4, -0.2) is 30.3 Å². The lowest BCUT2D eigenvalue weighted by molar-refractivity contribution is -0.123. The van der Waals surface area contributed by atoms with Gasteiger partial charge in [0.05, 0.1) is 11.1 Å². The molecule has 1 aromatic carbocycles. The quantitative estimate of drug-likeness (QED) is 0.812. The second kappa shape index (κ2) is 8.35. The third-order valence-electron chi connectivity index (χ3n) is 2.78. The highest BCUT2D eigenvalue weighted by Gasteiger charge is 2.10. The molecule has 0 fully saturated rings. The lowest BCUT2D eigenvalue weighted by Crippen LogP contribution is -2.32. The van der Waals surface area contributed by atoms with Crippen LogP contribution in [0.3, 0.4) is 0 Å². The molecule has 0 bridgehead atoms. The molecular weight excluding hydrogens is 301 g/mol. The molecule has 0 aliphatic carbocycles. The number of carbonyl (C=O) groups excluding carboxylic acids is 1. The zero-order valence-electron chi connectivity index (χ0n) is 11.5. The van der Waals surface area contributed by atoms with Gasteiger partial charge in [-0.3, -0.25) is 4.79 Å². The first-order valence-electron chi connectivity index (χ1n) is 6.42. The zero-order chi connectivity index (χ0) is 15.1. The number of amides is 1. The molecule has 0 aliphatic heterocycles. The van der Waals surface area contributed by atoms with E-state index >= 15 is 0 Å². The molecule has 0 saturated carbocycles. The Kier molecular flexibility index (Phi) is 7.13. The van der Waals surface area contributed by atoms with Crippen LogP contribution < -0.4 is 10.1 Å². The van der Waals surface area contributed by atoms with Crippen LogP contribution in [0, 0.1) is 5.92 Å². The van der Waals surface area contributed by atoms with Gasteiger partial charge in [-0.2, -0.15) is 0 Å². The van der Waals surface area contributed by atoms with Gasteiger partial charge < -0.3 is 15.2 Å². The highest BCUT2D eigenvalue weighted by Crippen LogP contribution is 2.27. The van der Waals surface area contributed by atoms with Gasteiger partial charge in [-0.05, 0) is 30.5 Å². The Hall–Kier alpha value is -0.970. The second-order valence-corrected chi connectivity index (χ2v) is 5.66. The highest BCUT2D eigenvalue weighted by atomic mass is 35.5. The summed E-state index contributed by atoms with van der Waals surface area (Å²) in [6.07, 6.45) is 0.104. The predicted molar refractivity (Wildman–Crippen MR) is 80.4 cm³/mol. The van der Waals surface area contributed by atoms with E-state index in [4.69, 9.17) is 27.9 Å². The van der Waals surface area contributed by atoms with Crippen LogP contribution in [0.4, 0.5) is 0 Å². The smallest absolute Gasteiger partial charge is 0.257 e. The van der Waals surface area contributed by atoms with Crippen molar-refractivity contribution in [1.29, 1.82) is 0 Å². The molecule has 0 spiro atoms. The summed E-state index contributed by atoms with van der Waals surface area (Å²) in [4.78, 5) is 11.6. The molecule has 1 unspecified atom stereocenters. The van der Waals surface area contributed by atoms with Crippen LogP contribution in [0.15, 0.2) is 18.2 Å². The fourth-order valence-corrected chi connectivity index (χ4v) is 1.94. The number of hydrogen-bond donors (Lipinski definition) is 2. The molecule has 0 aromatic heterocycles. The first kappa shape index (κ1) is 17.1. The Bertz CT molecular complexity index is 452. The van der Waals surface area contributed by atoms with Crippen LogP contribution in [0.2, 0.25) is 10.0 Å². The van der Waals surface area contributed by atoms with Gasteiger partial charge in [0, 0.05) is 11.6 Å². The van der Waals surface area contributed by atoms with E-state index in [2.05, 4.69) is 5.32 Å². The number of ether oxygens (including phenoxy) is 1. The topological polar surface area (TPSA) is 58.6 Å². The van der Waals surface area contributed by atoms with Crippen molar-refractivity contribution in [3.05, 3.63) is 28.2 Å². The Labute approximate surface area is 129 Å².